The Kier molecular flexibility index (Phi) is 4.47. The normalized spacial score (nSPS) is 10.0. The van der Waals surface area contributed by atoms with E-state index in [1.807, 2.05) is 0 Å². The third-order valence-corrected chi connectivity index (χ3v) is 3.07. The highest BCUT2D eigenvalue weighted by molar-refractivity contribution is 9.10. The molecule has 2 rings (SSSR count). The Morgan fingerprint density at radius 3 is 2.23 bits per heavy atom. The van der Waals surface area contributed by atoms with Gasteiger partial charge in [0.2, 0.25) is 0 Å². The van der Waals surface area contributed by atoms with E-state index in [2.05, 4.69) is 31.2 Å². The Bertz CT molecular complexity index is 778. The molecule has 1 aromatic heterocycles. The number of carbonyl (C=O) groups excluding carboxylic acids is 1. The van der Waals surface area contributed by atoms with E-state index in [0.29, 0.717) is 4.47 Å². The molecule has 1 amide bonds. The fraction of sp³-hybridized carbons (Fsp3) is 0. The van der Waals surface area contributed by atoms with Gasteiger partial charge in [-0.2, -0.15) is 0 Å². The van der Waals surface area contributed by atoms with Gasteiger partial charge in [-0.3, -0.25) is 4.79 Å². The molecule has 0 radical (unpaired) electrons. The van der Waals surface area contributed by atoms with E-state index in [9.17, 15) is 14.4 Å². The predicted octanol–water partition coefficient (Wildman–Crippen LogP) is 1.89. The summed E-state index contributed by atoms with van der Waals surface area (Å²) in [4.78, 5) is 41.5. The number of nitrogens with zero attached hydrogens (tertiary/aromatic N) is 2. The first-order chi connectivity index (χ1) is 10.4. The maximum atomic E-state index is 12.1. The van der Waals surface area contributed by atoms with E-state index in [1.54, 1.807) is 0 Å². The van der Waals surface area contributed by atoms with Crippen LogP contribution >= 0.6 is 15.9 Å². The number of anilines is 1. The minimum atomic E-state index is -1.41. The minimum absolute atomic E-state index is 0.0164. The van der Waals surface area contributed by atoms with Crippen molar-refractivity contribution in [2.24, 2.45) is 0 Å². The second kappa shape index (κ2) is 6.31. The molecule has 8 nitrogen and oxygen atoms in total. The molecule has 0 aliphatic heterocycles. The average molecular weight is 366 g/mol. The molecule has 0 fully saturated rings. The molecular formula is C13H8BrN3O5. The SMILES string of the molecule is O=C(O)c1cc(Br)ccc1NC(=O)c1nccnc1C(=O)O. The Hall–Kier alpha value is -2.81. The first kappa shape index (κ1) is 15.6. The third kappa shape index (κ3) is 3.26. The van der Waals surface area contributed by atoms with Crippen LogP contribution in [0.25, 0.3) is 0 Å². The van der Waals surface area contributed by atoms with E-state index in [4.69, 9.17) is 10.2 Å². The van der Waals surface area contributed by atoms with E-state index < -0.39 is 29.2 Å². The van der Waals surface area contributed by atoms with E-state index in [-0.39, 0.29) is 11.3 Å². The van der Waals surface area contributed by atoms with Gasteiger partial charge >= 0.3 is 11.9 Å². The van der Waals surface area contributed by atoms with Gasteiger partial charge in [-0.1, -0.05) is 15.9 Å². The second-order valence-corrected chi connectivity index (χ2v) is 4.92. The maximum Gasteiger partial charge on any atom is 0.356 e. The Labute approximate surface area is 132 Å². The van der Waals surface area contributed by atoms with Crippen molar-refractivity contribution in [2.45, 2.75) is 0 Å². The molecular weight excluding hydrogens is 358 g/mol. The molecule has 1 heterocycles. The van der Waals surface area contributed by atoms with Crippen molar-refractivity contribution in [3.63, 3.8) is 0 Å². The van der Waals surface area contributed by atoms with Gasteiger partial charge < -0.3 is 15.5 Å². The molecule has 0 atom stereocenters. The first-order valence-corrected chi connectivity index (χ1v) is 6.58. The van der Waals surface area contributed by atoms with Crippen LogP contribution in [0.3, 0.4) is 0 Å². The summed E-state index contributed by atoms with van der Waals surface area (Å²) in [7, 11) is 0. The molecule has 0 saturated heterocycles. The van der Waals surface area contributed by atoms with Crippen molar-refractivity contribution in [3.8, 4) is 0 Å². The minimum Gasteiger partial charge on any atom is -0.478 e. The van der Waals surface area contributed by atoms with E-state index >= 15 is 0 Å². The smallest absolute Gasteiger partial charge is 0.356 e. The summed E-state index contributed by atoms with van der Waals surface area (Å²) in [5, 5.41) is 20.4. The molecule has 22 heavy (non-hydrogen) atoms. The fourth-order valence-corrected chi connectivity index (χ4v) is 2.01. The van der Waals surface area contributed by atoms with Crippen LogP contribution in [-0.2, 0) is 0 Å². The predicted molar refractivity (Wildman–Crippen MR) is 78.0 cm³/mol. The van der Waals surface area contributed by atoms with Crippen LogP contribution in [-0.4, -0.2) is 38.0 Å². The molecule has 0 aliphatic rings. The lowest BCUT2D eigenvalue weighted by molar-refractivity contribution is 0.0678. The van der Waals surface area contributed by atoms with Crippen LogP contribution in [0.15, 0.2) is 35.1 Å². The van der Waals surface area contributed by atoms with Gasteiger partial charge in [0, 0.05) is 16.9 Å². The summed E-state index contributed by atoms with van der Waals surface area (Å²) in [6.07, 6.45) is 2.31. The summed E-state index contributed by atoms with van der Waals surface area (Å²) in [5.74, 6) is -3.52. The lowest BCUT2D eigenvalue weighted by Gasteiger charge is -2.09. The number of aromatic nitrogens is 2. The highest BCUT2D eigenvalue weighted by atomic mass is 79.9. The maximum absolute atomic E-state index is 12.1. The van der Waals surface area contributed by atoms with Crippen molar-refractivity contribution in [2.75, 3.05) is 5.32 Å². The fourth-order valence-electron chi connectivity index (χ4n) is 1.64. The monoisotopic (exact) mass is 365 g/mol. The topological polar surface area (TPSA) is 129 Å². The molecule has 0 spiro atoms. The van der Waals surface area contributed by atoms with Gasteiger partial charge in [0.05, 0.1) is 11.3 Å². The third-order valence-electron chi connectivity index (χ3n) is 2.58. The number of aromatic carboxylic acids is 2. The molecule has 112 valence electrons. The number of rotatable bonds is 4. The van der Waals surface area contributed by atoms with Crippen molar-refractivity contribution in [3.05, 3.63) is 52.0 Å². The van der Waals surface area contributed by atoms with Gasteiger partial charge in [0.15, 0.2) is 11.4 Å². The molecule has 9 heteroatoms. The summed E-state index contributed by atoms with van der Waals surface area (Å²) < 4.78 is 0.522. The van der Waals surface area contributed by atoms with Crippen molar-refractivity contribution in [1.82, 2.24) is 9.97 Å². The quantitative estimate of drug-likeness (QED) is 0.753. The molecule has 0 bridgehead atoms. The number of hydrogen-bond donors (Lipinski definition) is 3. The molecule has 0 aliphatic carbocycles. The summed E-state index contributed by atoms with van der Waals surface area (Å²) in [5.41, 5.74) is -1.06. The second-order valence-electron chi connectivity index (χ2n) is 4.01. The summed E-state index contributed by atoms with van der Waals surface area (Å²) in [6, 6.07) is 4.23. The Morgan fingerprint density at radius 2 is 1.64 bits per heavy atom. The highest BCUT2D eigenvalue weighted by Gasteiger charge is 2.21. The molecule has 3 N–H and O–H groups in total. The zero-order valence-electron chi connectivity index (χ0n) is 10.8. The molecule has 2 aromatic rings. The summed E-state index contributed by atoms with van der Waals surface area (Å²) >= 11 is 3.13. The van der Waals surface area contributed by atoms with Crippen LogP contribution in [0.5, 0.6) is 0 Å². The number of amides is 1. The average Bonchev–Trinajstić information content (AvgIpc) is 2.48. The van der Waals surface area contributed by atoms with Crippen molar-refractivity contribution >= 4 is 39.5 Å². The molecule has 0 unspecified atom stereocenters. The van der Waals surface area contributed by atoms with Crippen LogP contribution in [0.2, 0.25) is 0 Å². The van der Waals surface area contributed by atoms with Gasteiger partial charge in [0.25, 0.3) is 5.91 Å². The van der Waals surface area contributed by atoms with Gasteiger partial charge in [-0.15, -0.1) is 0 Å². The molecule has 1 aromatic carbocycles. The van der Waals surface area contributed by atoms with E-state index in [0.717, 1.165) is 6.20 Å². The number of halogens is 1. The van der Waals surface area contributed by atoms with Gasteiger partial charge in [-0.05, 0) is 18.2 Å². The van der Waals surface area contributed by atoms with E-state index in [1.165, 1.54) is 24.4 Å². The first-order valence-electron chi connectivity index (χ1n) is 5.78. The number of carboxylic acid groups (broad SMARTS) is 2. The zero-order valence-corrected chi connectivity index (χ0v) is 12.4. The summed E-state index contributed by atoms with van der Waals surface area (Å²) in [6.45, 7) is 0. The Balaban J connectivity index is 2.38. The van der Waals surface area contributed by atoms with Crippen LogP contribution in [0, 0.1) is 0 Å². The Morgan fingerprint density at radius 1 is 1.00 bits per heavy atom. The van der Waals surface area contributed by atoms with Crippen LogP contribution in [0.1, 0.15) is 31.3 Å². The van der Waals surface area contributed by atoms with Gasteiger partial charge in [0.1, 0.15) is 0 Å². The lowest BCUT2D eigenvalue weighted by atomic mass is 10.1. The number of benzene rings is 1. The van der Waals surface area contributed by atoms with Crippen LogP contribution in [0.4, 0.5) is 5.69 Å². The number of carbonyl (C=O) groups is 3. The van der Waals surface area contributed by atoms with Crippen molar-refractivity contribution < 1.29 is 24.6 Å². The molecule has 0 saturated carbocycles. The van der Waals surface area contributed by atoms with Crippen LogP contribution < -0.4 is 5.32 Å². The number of hydrogen-bond acceptors (Lipinski definition) is 5. The van der Waals surface area contributed by atoms with Gasteiger partial charge in [-0.25, -0.2) is 19.6 Å². The lowest BCUT2D eigenvalue weighted by Crippen LogP contribution is -2.20. The number of nitrogens with one attached hydrogen (secondary N) is 1. The van der Waals surface area contributed by atoms with Crippen molar-refractivity contribution in [1.29, 1.82) is 0 Å². The largest absolute Gasteiger partial charge is 0.478 e. The highest BCUT2D eigenvalue weighted by Crippen LogP contribution is 2.22. The number of carboxylic acids is 2. The standard InChI is InChI=1S/C13H8BrN3O5/c14-6-1-2-8(7(5-6)12(19)20)17-11(18)9-10(13(21)22)16-4-3-15-9/h1-5H,(H,17,18)(H,19,20)(H,21,22). The zero-order chi connectivity index (χ0) is 16.3.